The van der Waals surface area contributed by atoms with Gasteiger partial charge in [-0.2, -0.15) is 5.26 Å². The molecule has 2 aromatic carbocycles. The minimum Gasteiger partial charge on any atom is -0.457 e. The van der Waals surface area contributed by atoms with Gasteiger partial charge < -0.3 is 15.4 Å². The second-order valence-electron chi connectivity index (χ2n) is 6.91. The first kappa shape index (κ1) is 17.8. The van der Waals surface area contributed by atoms with E-state index < -0.39 is 11.8 Å². The molecule has 0 bridgehead atoms. The summed E-state index contributed by atoms with van der Waals surface area (Å²) in [6.45, 7) is 0. The molecule has 2 atom stereocenters. The molecule has 2 aliphatic rings. The lowest BCUT2D eigenvalue weighted by molar-refractivity contribution is -0.122. The molecule has 6 heteroatoms. The predicted octanol–water partition coefficient (Wildman–Crippen LogP) is 3.54. The van der Waals surface area contributed by atoms with E-state index in [0.29, 0.717) is 22.8 Å². The molecular weight excluding hydrogens is 354 g/mol. The number of nitrogens with zero attached hydrogens (tertiary/aromatic N) is 1. The van der Waals surface area contributed by atoms with Gasteiger partial charge in [0.25, 0.3) is 11.8 Å². The Morgan fingerprint density at radius 1 is 1.07 bits per heavy atom. The average molecular weight is 373 g/mol. The van der Waals surface area contributed by atoms with Gasteiger partial charge in [0.05, 0.1) is 11.6 Å². The van der Waals surface area contributed by atoms with E-state index in [-0.39, 0.29) is 17.5 Å². The Hall–Kier alpha value is -3.59. The lowest BCUT2D eigenvalue weighted by atomic mass is 9.86. The van der Waals surface area contributed by atoms with Crippen molar-refractivity contribution in [3.05, 3.63) is 65.7 Å². The molecule has 1 aliphatic carbocycles. The maximum atomic E-state index is 12.7. The average Bonchev–Trinajstić information content (AvgIpc) is 3.17. The normalized spacial score (nSPS) is 20.8. The van der Waals surface area contributed by atoms with Gasteiger partial charge in [0.15, 0.2) is 0 Å². The Kier molecular flexibility index (Phi) is 4.81. The van der Waals surface area contributed by atoms with Crippen LogP contribution >= 0.6 is 0 Å². The highest BCUT2D eigenvalue weighted by molar-refractivity contribution is 6.24. The zero-order chi connectivity index (χ0) is 19.5. The van der Waals surface area contributed by atoms with Gasteiger partial charge in [0.1, 0.15) is 17.1 Å². The van der Waals surface area contributed by atoms with Crippen molar-refractivity contribution in [2.75, 3.05) is 5.32 Å². The number of nitrogens with one attached hydrogen (secondary N) is 2. The summed E-state index contributed by atoms with van der Waals surface area (Å²) in [7, 11) is 0. The van der Waals surface area contributed by atoms with Crippen molar-refractivity contribution in [3.8, 4) is 17.6 Å². The summed E-state index contributed by atoms with van der Waals surface area (Å²) in [4.78, 5) is 25.1. The topological polar surface area (TPSA) is 91.2 Å². The Morgan fingerprint density at radius 2 is 1.79 bits per heavy atom. The SMILES string of the molecule is N#CC1=C(C(=O)Nc2ccc(Oc3ccccc3)cc2)C(=O)NC2CCCC12. The summed E-state index contributed by atoms with van der Waals surface area (Å²) in [5.41, 5.74) is 0.750. The summed E-state index contributed by atoms with van der Waals surface area (Å²) in [6.07, 6.45) is 2.61. The summed E-state index contributed by atoms with van der Waals surface area (Å²) in [5, 5.41) is 15.1. The highest BCUT2D eigenvalue weighted by Crippen LogP contribution is 2.36. The molecule has 28 heavy (non-hydrogen) atoms. The van der Waals surface area contributed by atoms with E-state index in [0.717, 1.165) is 19.3 Å². The van der Waals surface area contributed by atoms with Crippen molar-refractivity contribution in [3.63, 3.8) is 0 Å². The number of carbonyl (C=O) groups excluding carboxylic acids is 2. The van der Waals surface area contributed by atoms with Gasteiger partial charge in [-0.15, -0.1) is 0 Å². The van der Waals surface area contributed by atoms with Crippen LogP contribution in [0.15, 0.2) is 65.7 Å². The second kappa shape index (κ2) is 7.57. The summed E-state index contributed by atoms with van der Waals surface area (Å²) >= 11 is 0. The summed E-state index contributed by atoms with van der Waals surface area (Å²) in [5.74, 6) is 0.251. The van der Waals surface area contributed by atoms with E-state index in [2.05, 4.69) is 16.7 Å². The molecule has 2 unspecified atom stereocenters. The zero-order valence-electron chi connectivity index (χ0n) is 15.1. The Labute approximate surface area is 162 Å². The quantitative estimate of drug-likeness (QED) is 0.802. The van der Waals surface area contributed by atoms with Crippen LogP contribution in [0.5, 0.6) is 11.5 Å². The van der Waals surface area contributed by atoms with Crippen LogP contribution in [-0.2, 0) is 9.59 Å². The third kappa shape index (κ3) is 3.47. The first-order valence-electron chi connectivity index (χ1n) is 9.25. The number of ether oxygens (including phenoxy) is 1. The van der Waals surface area contributed by atoms with Gasteiger partial charge in [-0.05, 0) is 49.2 Å². The maximum absolute atomic E-state index is 12.7. The summed E-state index contributed by atoms with van der Waals surface area (Å²) < 4.78 is 5.72. The number of rotatable bonds is 4. The van der Waals surface area contributed by atoms with E-state index in [1.54, 1.807) is 24.3 Å². The minimum absolute atomic E-state index is 0.0341. The van der Waals surface area contributed by atoms with Gasteiger partial charge in [-0.1, -0.05) is 24.6 Å². The Bertz CT molecular complexity index is 974. The molecule has 0 aromatic heterocycles. The molecule has 140 valence electrons. The van der Waals surface area contributed by atoms with E-state index in [4.69, 9.17) is 4.74 Å². The first-order chi connectivity index (χ1) is 13.7. The van der Waals surface area contributed by atoms with Crippen LogP contribution in [0, 0.1) is 17.2 Å². The first-order valence-corrected chi connectivity index (χ1v) is 9.25. The van der Waals surface area contributed by atoms with Crippen LogP contribution in [0.25, 0.3) is 0 Å². The fraction of sp³-hybridized carbons (Fsp3) is 0.227. The van der Waals surface area contributed by atoms with Crippen molar-refractivity contribution < 1.29 is 14.3 Å². The largest absolute Gasteiger partial charge is 0.457 e. The molecule has 0 spiro atoms. The van der Waals surface area contributed by atoms with E-state index in [1.807, 2.05) is 30.3 Å². The van der Waals surface area contributed by atoms with Crippen molar-refractivity contribution >= 4 is 17.5 Å². The van der Waals surface area contributed by atoms with Crippen LogP contribution < -0.4 is 15.4 Å². The monoisotopic (exact) mass is 373 g/mol. The number of hydrogen-bond acceptors (Lipinski definition) is 4. The van der Waals surface area contributed by atoms with Gasteiger partial charge in [0, 0.05) is 17.6 Å². The molecule has 2 N–H and O–H groups in total. The van der Waals surface area contributed by atoms with Crippen LogP contribution in [0.3, 0.4) is 0 Å². The number of fused-ring (bicyclic) bond motifs is 1. The van der Waals surface area contributed by atoms with Gasteiger partial charge in [-0.25, -0.2) is 0 Å². The number of hydrogen-bond donors (Lipinski definition) is 2. The lowest BCUT2D eigenvalue weighted by Crippen LogP contribution is -2.46. The van der Waals surface area contributed by atoms with Crippen molar-refractivity contribution in [1.82, 2.24) is 5.32 Å². The third-order valence-corrected chi connectivity index (χ3v) is 5.14. The molecule has 2 amide bonds. The highest BCUT2D eigenvalue weighted by atomic mass is 16.5. The second-order valence-corrected chi connectivity index (χ2v) is 6.91. The number of carbonyl (C=O) groups is 2. The van der Waals surface area contributed by atoms with Gasteiger partial charge in [-0.3, -0.25) is 9.59 Å². The van der Waals surface area contributed by atoms with Crippen molar-refractivity contribution in [2.24, 2.45) is 5.92 Å². The van der Waals surface area contributed by atoms with Crippen LogP contribution in [0.2, 0.25) is 0 Å². The smallest absolute Gasteiger partial charge is 0.262 e. The van der Waals surface area contributed by atoms with Crippen LogP contribution in [0.4, 0.5) is 5.69 Å². The van der Waals surface area contributed by atoms with E-state index in [9.17, 15) is 14.9 Å². The number of para-hydroxylation sites is 1. The van der Waals surface area contributed by atoms with E-state index in [1.165, 1.54) is 0 Å². The van der Waals surface area contributed by atoms with E-state index >= 15 is 0 Å². The standard InChI is InChI=1S/C22H19N3O3/c23-13-18-17-7-4-8-19(17)25-22(27)20(18)21(26)24-14-9-11-16(12-10-14)28-15-5-2-1-3-6-15/h1-3,5-6,9-12,17,19H,4,7-8H2,(H,24,26)(H,25,27). The van der Waals surface area contributed by atoms with Crippen LogP contribution in [0.1, 0.15) is 19.3 Å². The fourth-order valence-electron chi connectivity index (χ4n) is 3.82. The maximum Gasteiger partial charge on any atom is 0.262 e. The number of amides is 2. The predicted molar refractivity (Wildman–Crippen MR) is 103 cm³/mol. The van der Waals surface area contributed by atoms with Crippen LogP contribution in [-0.4, -0.2) is 17.9 Å². The molecule has 4 rings (SSSR count). The minimum atomic E-state index is -0.559. The van der Waals surface area contributed by atoms with Gasteiger partial charge >= 0.3 is 0 Å². The van der Waals surface area contributed by atoms with Gasteiger partial charge in [0.2, 0.25) is 0 Å². The van der Waals surface area contributed by atoms with Crippen molar-refractivity contribution in [2.45, 2.75) is 25.3 Å². The fourth-order valence-corrected chi connectivity index (χ4v) is 3.82. The molecule has 1 saturated carbocycles. The molecule has 1 aliphatic heterocycles. The number of anilines is 1. The summed E-state index contributed by atoms with van der Waals surface area (Å²) in [6, 6.07) is 18.3. The number of benzene rings is 2. The Morgan fingerprint density at radius 3 is 2.50 bits per heavy atom. The molecule has 1 heterocycles. The number of nitriles is 1. The van der Waals surface area contributed by atoms with Crippen molar-refractivity contribution in [1.29, 1.82) is 5.26 Å². The molecule has 1 fully saturated rings. The molecule has 0 saturated heterocycles. The molecule has 6 nitrogen and oxygen atoms in total. The highest BCUT2D eigenvalue weighted by Gasteiger charge is 2.41. The zero-order valence-corrected chi connectivity index (χ0v) is 15.1. The molecule has 0 radical (unpaired) electrons. The molecule has 2 aromatic rings. The Balaban J connectivity index is 1.50. The lowest BCUT2D eigenvalue weighted by Gasteiger charge is -2.27. The third-order valence-electron chi connectivity index (χ3n) is 5.14. The molecular formula is C22H19N3O3.